The van der Waals surface area contributed by atoms with Crippen LogP contribution in [0.15, 0.2) is 37.0 Å². The number of hydrogen-bond acceptors (Lipinski definition) is 1. The lowest BCUT2D eigenvalue weighted by Crippen LogP contribution is -1.69. The van der Waals surface area contributed by atoms with Gasteiger partial charge in [-0.15, -0.1) is 6.58 Å². The molecule has 1 heteroatoms. The van der Waals surface area contributed by atoms with E-state index in [0.29, 0.717) is 0 Å². The monoisotopic (exact) mass is 175 g/mol. The summed E-state index contributed by atoms with van der Waals surface area (Å²) in [5.74, 6) is 0. The molecule has 0 radical (unpaired) electrons. The first kappa shape index (κ1) is 11.7. The zero-order valence-electron chi connectivity index (χ0n) is 8.08. The average Bonchev–Trinajstić information content (AvgIpc) is 2.16. The van der Waals surface area contributed by atoms with E-state index in [0.717, 1.165) is 32.1 Å². The minimum atomic E-state index is 0.999. The second kappa shape index (κ2) is 10.7. The molecule has 0 aliphatic carbocycles. The summed E-state index contributed by atoms with van der Waals surface area (Å²) in [5.41, 5.74) is 0. The molecule has 13 heavy (non-hydrogen) atoms. The molecule has 0 aliphatic heterocycles. The molecule has 0 aromatic rings. The molecule has 70 valence electrons. The lowest BCUT2D eigenvalue weighted by molar-refractivity contribution is 0.863. The lowest BCUT2D eigenvalue weighted by Gasteiger charge is -1.89. The maximum atomic E-state index is 8.21. The van der Waals surface area contributed by atoms with Crippen molar-refractivity contribution in [3.05, 3.63) is 37.0 Å². The number of nitriles is 1. The first-order chi connectivity index (χ1) is 6.41. The van der Waals surface area contributed by atoms with E-state index < -0.39 is 0 Å². The van der Waals surface area contributed by atoms with Crippen LogP contribution in [0.1, 0.15) is 32.1 Å². The Kier molecular flexibility index (Phi) is 9.65. The van der Waals surface area contributed by atoms with Crippen LogP contribution >= 0.6 is 0 Å². The molecule has 1 nitrogen and oxygen atoms in total. The van der Waals surface area contributed by atoms with Gasteiger partial charge in [-0.05, 0) is 32.1 Å². The molecular weight excluding hydrogens is 158 g/mol. The fraction of sp³-hybridized carbons (Fsp3) is 0.417. The van der Waals surface area contributed by atoms with Crippen LogP contribution in [0.2, 0.25) is 0 Å². The van der Waals surface area contributed by atoms with Gasteiger partial charge in [0.2, 0.25) is 0 Å². The highest BCUT2D eigenvalue weighted by atomic mass is 14.2. The number of hydrogen-bond donors (Lipinski definition) is 0. The van der Waals surface area contributed by atoms with Crippen LogP contribution in [0.25, 0.3) is 0 Å². The van der Waals surface area contributed by atoms with E-state index in [-0.39, 0.29) is 0 Å². The van der Waals surface area contributed by atoms with Gasteiger partial charge in [0, 0.05) is 6.08 Å². The van der Waals surface area contributed by atoms with Gasteiger partial charge in [-0.1, -0.05) is 24.3 Å². The molecule has 0 N–H and O–H groups in total. The third-order valence-electron chi connectivity index (χ3n) is 1.64. The number of allylic oxidation sites excluding steroid dienone is 5. The SMILES string of the molecule is C=CCC/C=C/CCC/C=C/C#N. The summed E-state index contributed by atoms with van der Waals surface area (Å²) in [6, 6.07) is 1.98. The maximum absolute atomic E-state index is 8.21. The molecule has 0 atom stereocenters. The van der Waals surface area contributed by atoms with Gasteiger partial charge in [-0.2, -0.15) is 5.26 Å². The van der Waals surface area contributed by atoms with Gasteiger partial charge in [-0.25, -0.2) is 0 Å². The Balaban J connectivity index is 3.16. The smallest absolute Gasteiger partial charge is 0.0908 e. The van der Waals surface area contributed by atoms with Gasteiger partial charge in [0.15, 0.2) is 0 Å². The summed E-state index contributed by atoms with van der Waals surface area (Å²) >= 11 is 0. The molecule has 0 unspecified atom stereocenters. The number of nitrogens with zero attached hydrogens (tertiary/aromatic N) is 1. The highest BCUT2D eigenvalue weighted by Crippen LogP contribution is 1.99. The number of unbranched alkanes of at least 4 members (excludes halogenated alkanes) is 3. The fourth-order valence-electron chi connectivity index (χ4n) is 0.939. The van der Waals surface area contributed by atoms with E-state index in [9.17, 15) is 0 Å². The van der Waals surface area contributed by atoms with Gasteiger partial charge in [0.25, 0.3) is 0 Å². The summed E-state index contributed by atoms with van der Waals surface area (Å²) in [7, 11) is 0. The van der Waals surface area contributed by atoms with Crippen LogP contribution in [0.5, 0.6) is 0 Å². The second-order valence-electron chi connectivity index (χ2n) is 2.80. The Morgan fingerprint density at radius 1 is 1.00 bits per heavy atom. The molecule has 0 aromatic carbocycles. The van der Waals surface area contributed by atoms with E-state index in [1.165, 1.54) is 0 Å². The van der Waals surface area contributed by atoms with Crippen molar-refractivity contribution in [1.82, 2.24) is 0 Å². The van der Waals surface area contributed by atoms with Crippen LogP contribution in [-0.4, -0.2) is 0 Å². The molecular formula is C12H17N. The predicted molar refractivity (Wildman–Crippen MR) is 57.2 cm³/mol. The minimum absolute atomic E-state index is 0.999. The summed E-state index contributed by atoms with van der Waals surface area (Å²) in [5, 5.41) is 8.21. The summed E-state index contributed by atoms with van der Waals surface area (Å²) in [6.45, 7) is 3.65. The van der Waals surface area contributed by atoms with Gasteiger partial charge in [0.05, 0.1) is 6.07 Å². The van der Waals surface area contributed by atoms with Crippen molar-refractivity contribution < 1.29 is 0 Å². The largest absolute Gasteiger partial charge is 0.193 e. The normalized spacial score (nSPS) is 10.7. The van der Waals surface area contributed by atoms with Crippen molar-refractivity contribution in [2.75, 3.05) is 0 Å². The van der Waals surface area contributed by atoms with Gasteiger partial charge in [0.1, 0.15) is 0 Å². The van der Waals surface area contributed by atoms with E-state index in [4.69, 9.17) is 5.26 Å². The van der Waals surface area contributed by atoms with E-state index in [2.05, 4.69) is 18.7 Å². The average molecular weight is 175 g/mol. The van der Waals surface area contributed by atoms with Gasteiger partial charge < -0.3 is 0 Å². The first-order valence-corrected chi connectivity index (χ1v) is 4.72. The Morgan fingerprint density at radius 2 is 1.69 bits per heavy atom. The van der Waals surface area contributed by atoms with Crippen molar-refractivity contribution in [1.29, 1.82) is 5.26 Å². The van der Waals surface area contributed by atoms with E-state index in [1.54, 1.807) is 6.08 Å². The third-order valence-corrected chi connectivity index (χ3v) is 1.64. The Labute approximate surface area is 81.1 Å². The van der Waals surface area contributed by atoms with Crippen molar-refractivity contribution in [2.24, 2.45) is 0 Å². The molecule has 0 rings (SSSR count). The van der Waals surface area contributed by atoms with Crippen molar-refractivity contribution >= 4 is 0 Å². The zero-order chi connectivity index (χ0) is 9.78. The molecule has 0 saturated heterocycles. The van der Waals surface area contributed by atoms with Crippen LogP contribution < -0.4 is 0 Å². The van der Waals surface area contributed by atoms with Crippen LogP contribution in [0.3, 0.4) is 0 Å². The summed E-state index contributed by atoms with van der Waals surface area (Å²) in [4.78, 5) is 0. The fourth-order valence-corrected chi connectivity index (χ4v) is 0.939. The highest BCUT2D eigenvalue weighted by molar-refractivity contribution is 5.01. The van der Waals surface area contributed by atoms with Crippen LogP contribution in [-0.2, 0) is 0 Å². The Morgan fingerprint density at radius 3 is 2.38 bits per heavy atom. The quantitative estimate of drug-likeness (QED) is 0.328. The molecule has 0 heterocycles. The minimum Gasteiger partial charge on any atom is -0.193 e. The molecule has 0 fully saturated rings. The molecule has 0 saturated carbocycles. The standard InChI is InChI=1S/C12H17N/c1-2-3-4-5-6-7-8-9-10-11-12-13/h2,5-6,10-11H,1,3-4,7-9H2/b6-5+,11-10+. The highest BCUT2D eigenvalue weighted by Gasteiger charge is 1.80. The zero-order valence-corrected chi connectivity index (χ0v) is 8.08. The van der Waals surface area contributed by atoms with Gasteiger partial charge in [-0.3, -0.25) is 0 Å². The van der Waals surface area contributed by atoms with E-state index >= 15 is 0 Å². The van der Waals surface area contributed by atoms with Crippen molar-refractivity contribution in [2.45, 2.75) is 32.1 Å². The summed E-state index contributed by atoms with van der Waals surface area (Å²) in [6.07, 6.45) is 15.2. The summed E-state index contributed by atoms with van der Waals surface area (Å²) < 4.78 is 0. The molecule has 0 aromatic heterocycles. The van der Waals surface area contributed by atoms with Crippen molar-refractivity contribution in [3.63, 3.8) is 0 Å². The molecule has 0 amide bonds. The Hall–Kier alpha value is -1.29. The van der Waals surface area contributed by atoms with Gasteiger partial charge >= 0.3 is 0 Å². The topological polar surface area (TPSA) is 23.8 Å². The maximum Gasteiger partial charge on any atom is 0.0908 e. The molecule has 0 bridgehead atoms. The Bertz CT molecular complexity index is 206. The number of rotatable bonds is 7. The first-order valence-electron chi connectivity index (χ1n) is 4.72. The van der Waals surface area contributed by atoms with Crippen molar-refractivity contribution in [3.8, 4) is 6.07 Å². The predicted octanol–water partition coefficient (Wildman–Crippen LogP) is 3.76. The second-order valence-corrected chi connectivity index (χ2v) is 2.80. The third kappa shape index (κ3) is 10.7. The van der Waals surface area contributed by atoms with E-state index in [1.807, 2.05) is 18.2 Å². The molecule has 0 aliphatic rings. The molecule has 0 spiro atoms. The van der Waals surface area contributed by atoms with Crippen LogP contribution in [0.4, 0.5) is 0 Å². The lowest BCUT2D eigenvalue weighted by atomic mass is 10.2. The van der Waals surface area contributed by atoms with Crippen LogP contribution in [0, 0.1) is 11.3 Å².